The van der Waals surface area contributed by atoms with Gasteiger partial charge in [-0.1, -0.05) is 0 Å². The maximum atomic E-state index is 12.7. The zero-order valence-corrected chi connectivity index (χ0v) is 14.3. The summed E-state index contributed by atoms with van der Waals surface area (Å²) in [6.07, 6.45) is 0.548. The minimum atomic E-state index is -4.61. The number of pyridine rings is 1. The second kappa shape index (κ2) is 7.19. The number of carbonyl (C=O) groups is 1. The standard InChI is InChI=1S/C16H15F3N6O2/c1-9(27-2)13-11(8-22-25-6-5-21-14(13)25)24-15(26)23-10-3-4-20-12(7-10)16(17,18)19/h3-9H,1-2H3,(H2,20,23,24,26). The maximum absolute atomic E-state index is 12.7. The molecule has 0 aliphatic rings. The lowest BCUT2D eigenvalue weighted by molar-refractivity contribution is -0.141. The van der Waals surface area contributed by atoms with E-state index in [0.29, 0.717) is 16.9 Å². The van der Waals surface area contributed by atoms with Gasteiger partial charge in [-0.05, 0) is 19.1 Å². The van der Waals surface area contributed by atoms with Gasteiger partial charge in [0.05, 0.1) is 23.6 Å². The number of anilines is 2. The Labute approximate surface area is 151 Å². The van der Waals surface area contributed by atoms with E-state index in [-0.39, 0.29) is 5.69 Å². The molecule has 0 aliphatic carbocycles. The first kappa shape index (κ1) is 18.6. The number of rotatable bonds is 4. The van der Waals surface area contributed by atoms with Crippen LogP contribution in [0.5, 0.6) is 0 Å². The van der Waals surface area contributed by atoms with Crippen LogP contribution in [0.3, 0.4) is 0 Å². The van der Waals surface area contributed by atoms with Crippen molar-refractivity contribution in [2.45, 2.75) is 19.2 Å². The molecular formula is C16H15F3N6O2. The fourth-order valence-corrected chi connectivity index (χ4v) is 2.46. The number of fused-ring (bicyclic) bond motifs is 1. The fraction of sp³-hybridized carbons (Fsp3) is 0.250. The average Bonchev–Trinajstić information content (AvgIpc) is 3.09. The van der Waals surface area contributed by atoms with Crippen molar-refractivity contribution >= 4 is 23.1 Å². The third-order valence-corrected chi connectivity index (χ3v) is 3.78. The minimum absolute atomic E-state index is 0.0500. The third-order valence-electron chi connectivity index (χ3n) is 3.78. The molecule has 3 heterocycles. The first-order valence-electron chi connectivity index (χ1n) is 7.76. The summed E-state index contributed by atoms with van der Waals surface area (Å²) in [7, 11) is 1.50. The van der Waals surface area contributed by atoms with Gasteiger partial charge in [0.2, 0.25) is 0 Å². The fourth-order valence-electron chi connectivity index (χ4n) is 2.46. The monoisotopic (exact) mass is 380 g/mol. The molecule has 0 radical (unpaired) electrons. The molecule has 3 aromatic heterocycles. The van der Waals surface area contributed by atoms with E-state index in [0.717, 1.165) is 12.3 Å². The van der Waals surface area contributed by atoms with Crippen LogP contribution in [-0.4, -0.2) is 32.7 Å². The van der Waals surface area contributed by atoms with E-state index in [4.69, 9.17) is 4.74 Å². The molecule has 0 bridgehead atoms. The Morgan fingerprint density at radius 2 is 2.04 bits per heavy atom. The lowest BCUT2D eigenvalue weighted by Crippen LogP contribution is -2.22. The summed E-state index contributed by atoms with van der Waals surface area (Å²) in [5.74, 6) is 0. The van der Waals surface area contributed by atoms with Gasteiger partial charge in [0.25, 0.3) is 0 Å². The maximum Gasteiger partial charge on any atom is 0.433 e. The van der Waals surface area contributed by atoms with E-state index in [9.17, 15) is 18.0 Å². The summed E-state index contributed by atoms with van der Waals surface area (Å²) in [4.78, 5) is 19.7. The van der Waals surface area contributed by atoms with Crippen molar-refractivity contribution in [3.8, 4) is 0 Å². The third kappa shape index (κ3) is 3.97. The molecule has 8 nitrogen and oxygen atoms in total. The highest BCUT2D eigenvalue weighted by Gasteiger charge is 2.32. The van der Waals surface area contributed by atoms with Gasteiger partial charge in [-0.2, -0.15) is 18.3 Å². The molecule has 2 amide bonds. The predicted octanol–water partition coefficient (Wildman–Crippen LogP) is 3.49. The molecule has 1 unspecified atom stereocenters. The molecule has 0 aliphatic heterocycles. The van der Waals surface area contributed by atoms with Crippen LogP contribution < -0.4 is 10.6 Å². The van der Waals surface area contributed by atoms with Crippen molar-refractivity contribution < 1.29 is 22.7 Å². The van der Waals surface area contributed by atoms with Gasteiger partial charge in [0.1, 0.15) is 5.69 Å². The second-order valence-corrected chi connectivity index (χ2v) is 5.55. The zero-order valence-electron chi connectivity index (χ0n) is 14.3. The van der Waals surface area contributed by atoms with Gasteiger partial charge >= 0.3 is 12.2 Å². The highest BCUT2D eigenvalue weighted by molar-refractivity contribution is 6.00. The molecule has 142 valence electrons. The van der Waals surface area contributed by atoms with Crippen molar-refractivity contribution in [1.29, 1.82) is 0 Å². The number of carbonyl (C=O) groups excluding carboxylic acids is 1. The van der Waals surface area contributed by atoms with Gasteiger partial charge in [-0.3, -0.25) is 4.98 Å². The van der Waals surface area contributed by atoms with Crippen LogP contribution in [0.4, 0.5) is 29.3 Å². The number of halogens is 3. The Balaban J connectivity index is 1.84. The Hall–Kier alpha value is -3.21. The number of nitrogens with zero attached hydrogens (tertiary/aromatic N) is 4. The van der Waals surface area contributed by atoms with E-state index < -0.39 is 24.0 Å². The summed E-state index contributed by atoms with van der Waals surface area (Å²) in [5.41, 5.74) is 0.245. The van der Waals surface area contributed by atoms with Gasteiger partial charge in [-0.25, -0.2) is 14.3 Å². The van der Waals surface area contributed by atoms with Crippen LogP contribution in [0.25, 0.3) is 5.65 Å². The van der Waals surface area contributed by atoms with E-state index in [1.807, 2.05) is 0 Å². The lowest BCUT2D eigenvalue weighted by atomic mass is 10.1. The molecule has 0 aromatic carbocycles. The summed E-state index contributed by atoms with van der Waals surface area (Å²) >= 11 is 0. The Morgan fingerprint density at radius 3 is 2.74 bits per heavy atom. The number of urea groups is 1. The number of amides is 2. The number of nitrogens with one attached hydrogen (secondary N) is 2. The predicted molar refractivity (Wildman–Crippen MR) is 90.3 cm³/mol. The number of methoxy groups -OCH3 is 1. The molecule has 2 N–H and O–H groups in total. The van der Waals surface area contributed by atoms with E-state index in [2.05, 4.69) is 25.7 Å². The average molecular weight is 380 g/mol. The molecule has 1 atom stereocenters. The largest absolute Gasteiger partial charge is 0.433 e. The number of hydrogen-bond acceptors (Lipinski definition) is 5. The molecule has 0 saturated heterocycles. The lowest BCUT2D eigenvalue weighted by Gasteiger charge is -2.17. The Morgan fingerprint density at radius 1 is 1.26 bits per heavy atom. The molecule has 27 heavy (non-hydrogen) atoms. The summed E-state index contributed by atoms with van der Waals surface area (Å²) in [5, 5.41) is 9.03. The first-order chi connectivity index (χ1) is 12.8. The smallest absolute Gasteiger partial charge is 0.377 e. The summed E-state index contributed by atoms with van der Waals surface area (Å²) in [6, 6.07) is 1.26. The molecule has 3 aromatic rings. The van der Waals surface area contributed by atoms with E-state index in [1.165, 1.54) is 23.9 Å². The van der Waals surface area contributed by atoms with Crippen LogP contribution in [-0.2, 0) is 10.9 Å². The highest BCUT2D eigenvalue weighted by atomic mass is 19.4. The number of hydrogen-bond donors (Lipinski definition) is 2. The van der Waals surface area contributed by atoms with Crippen LogP contribution in [0, 0.1) is 0 Å². The number of alkyl halides is 3. The van der Waals surface area contributed by atoms with Crippen LogP contribution in [0.2, 0.25) is 0 Å². The quantitative estimate of drug-likeness (QED) is 0.723. The van der Waals surface area contributed by atoms with Gasteiger partial charge < -0.3 is 15.4 Å². The molecule has 3 rings (SSSR count). The molecule has 11 heteroatoms. The van der Waals surface area contributed by atoms with Gasteiger partial charge in [-0.15, -0.1) is 0 Å². The highest BCUT2D eigenvalue weighted by Crippen LogP contribution is 2.30. The molecule has 0 saturated carbocycles. The van der Waals surface area contributed by atoms with Crippen LogP contribution >= 0.6 is 0 Å². The second-order valence-electron chi connectivity index (χ2n) is 5.55. The van der Waals surface area contributed by atoms with Crippen molar-refractivity contribution in [2.24, 2.45) is 0 Å². The van der Waals surface area contributed by atoms with Crippen molar-refractivity contribution in [3.63, 3.8) is 0 Å². The number of ether oxygens (including phenoxy) is 1. The first-order valence-corrected chi connectivity index (χ1v) is 7.76. The Kier molecular flexibility index (Phi) is 4.95. The van der Waals surface area contributed by atoms with Crippen LogP contribution in [0.1, 0.15) is 24.3 Å². The summed E-state index contributed by atoms with van der Waals surface area (Å²) in [6.45, 7) is 1.77. The molecular weight excluding hydrogens is 365 g/mol. The van der Waals surface area contributed by atoms with Crippen LogP contribution in [0.15, 0.2) is 36.9 Å². The number of aromatic nitrogens is 4. The Bertz CT molecular complexity index is 972. The SMILES string of the molecule is COC(C)c1c(NC(=O)Nc2ccnc(C(F)(F)F)c2)cnn2ccnc12. The number of imidazole rings is 1. The minimum Gasteiger partial charge on any atom is -0.377 e. The molecule has 0 spiro atoms. The topological polar surface area (TPSA) is 93.4 Å². The van der Waals surface area contributed by atoms with Gasteiger partial charge in [0.15, 0.2) is 5.65 Å². The van der Waals surface area contributed by atoms with Crippen molar-refractivity contribution in [2.75, 3.05) is 17.7 Å². The van der Waals surface area contributed by atoms with Crippen molar-refractivity contribution in [1.82, 2.24) is 19.6 Å². The zero-order chi connectivity index (χ0) is 19.6. The molecule has 0 fully saturated rings. The van der Waals surface area contributed by atoms with Crippen molar-refractivity contribution in [3.05, 3.63) is 48.2 Å². The van der Waals surface area contributed by atoms with Gasteiger partial charge in [0, 0.05) is 31.4 Å². The van der Waals surface area contributed by atoms with E-state index in [1.54, 1.807) is 19.3 Å². The summed E-state index contributed by atoms with van der Waals surface area (Å²) < 4.78 is 45.0. The normalized spacial score (nSPS) is 12.8. The van der Waals surface area contributed by atoms with E-state index >= 15 is 0 Å².